The van der Waals surface area contributed by atoms with Gasteiger partial charge in [0.2, 0.25) is 0 Å². The number of unbranched alkanes of at least 4 members (excludes halogenated alkanes) is 1. The van der Waals surface area contributed by atoms with Crippen LogP contribution in [0.1, 0.15) is 43.2 Å². The first kappa shape index (κ1) is 23.7. The first-order valence-corrected chi connectivity index (χ1v) is 11.0. The van der Waals surface area contributed by atoms with Gasteiger partial charge in [-0.3, -0.25) is 10.1 Å². The number of fused-ring (bicyclic) bond motifs is 1. The van der Waals surface area contributed by atoms with E-state index in [1.54, 1.807) is 6.07 Å². The maximum absolute atomic E-state index is 11.1. The van der Waals surface area contributed by atoms with Gasteiger partial charge >= 0.3 is 11.9 Å². The monoisotopic (exact) mass is 442 g/mol. The zero-order valence-corrected chi connectivity index (χ0v) is 18.0. The largest absolute Gasteiger partial charge is 0.480 e. The molecule has 0 saturated carbocycles. The van der Waals surface area contributed by atoms with Crippen molar-refractivity contribution in [3.8, 4) is 6.07 Å². The Bertz CT molecular complexity index is 910. The molecule has 1 saturated heterocycles. The van der Waals surface area contributed by atoms with Crippen molar-refractivity contribution in [1.82, 2.24) is 5.32 Å². The summed E-state index contributed by atoms with van der Waals surface area (Å²) in [4.78, 5) is 24.1. The molecule has 3 rings (SSSR count). The number of carboxylic acids is 2. The number of aliphatic carboxylic acids is 2. The number of carbonyl (C=O) groups is 2. The van der Waals surface area contributed by atoms with E-state index >= 15 is 0 Å². The van der Waals surface area contributed by atoms with Gasteiger partial charge < -0.3 is 25.6 Å². The highest BCUT2D eigenvalue weighted by molar-refractivity contribution is 5.96. The number of hydrogen-bond donors (Lipinski definition) is 4. The van der Waals surface area contributed by atoms with E-state index in [0.717, 1.165) is 63.0 Å². The fourth-order valence-electron chi connectivity index (χ4n) is 4.01. The van der Waals surface area contributed by atoms with Crippen LogP contribution >= 0.6 is 0 Å². The number of nitriles is 1. The van der Waals surface area contributed by atoms with Gasteiger partial charge in [0.25, 0.3) is 0 Å². The van der Waals surface area contributed by atoms with Crippen molar-refractivity contribution in [2.24, 2.45) is 5.73 Å². The lowest BCUT2D eigenvalue weighted by Gasteiger charge is -2.31. The van der Waals surface area contributed by atoms with Crippen LogP contribution in [0.25, 0.3) is 6.08 Å². The standard InChI is InChI=1S/C23H30N4O5/c24-14-17(22(28)29)13-15-6-7-19-16(12-15)4-3-10-27(19)11-8-20-21(32-20)26-9-2-1-5-18(25)23(30)31/h6-7,12-13,18,20-21,26H,1-5,8-11,25H2,(H,28,29)(H,30,31)/b17-13+/t18-,20?,21?/m1/s1. The number of benzene rings is 1. The van der Waals surface area contributed by atoms with Crippen molar-refractivity contribution in [2.75, 3.05) is 24.5 Å². The topological polar surface area (TPSA) is 152 Å². The lowest BCUT2D eigenvalue weighted by atomic mass is 9.98. The summed E-state index contributed by atoms with van der Waals surface area (Å²) in [6, 6.07) is 6.75. The first-order valence-electron chi connectivity index (χ1n) is 11.0. The zero-order valence-electron chi connectivity index (χ0n) is 18.0. The van der Waals surface area contributed by atoms with Crippen LogP contribution in [0.4, 0.5) is 5.69 Å². The zero-order chi connectivity index (χ0) is 23.1. The van der Waals surface area contributed by atoms with Crippen LogP contribution in [0, 0.1) is 11.3 Å². The summed E-state index contributed by atoms with van der Waals surface area (Å²) in [5.41, 5.74) is 8.27. The quantitative estimate of drug-likeness (QED) is 0.164. The van der Waals surface area contributed by atoms with E-state index < -0.39 is 18.0 Å². The molecular formula is C23H30N4O5. The SMILES string of the molecule is N#C/C(=C\c1ccc2c(c1)CCCN2CCC1OC1NCCCC[C@@H](N)C(=O)O)C(=O)O. The molecule has 0 spiro atoms. The minimum Gasteiger partial charge on any atom is -0.480 e. The summed E-state index contributed by atoms with van der Waals surface area (Å²) >= 11 is 0. The molecule has 0 amide bonds. The molecule has 2 heterocycles. The molecule has 9 heteroatoms. The van der Waals surface area contributed by atoms with Gasteiger partial charge in [0, 0.05) is 18.8 Å². The maximum Gasteiger partial charge on any atom is 0.346 e. The molecular weight excluding hydrogens is 412 g/mol. The molecule has 1 fully saturated rings. The van der Waals surface area contributed by atoms with Gasteiger partial charge in [0.15, 0.2) is 0 Å². The lowest BCUT2D eigenvalue weighted by Crippen LogP contribution is -2.32. The normalized spacial score (nSPS) is 20.9. The van der Waals surface area contributed by atoms with Gasteiger partial charge in [0.1, 0.15) is 30.0 Å². The van der Waals surface area contributed by atoms with E-state index in [-0.39, 0.29) is 17.9 Å². The average molecular weight is 443 g/mol. The van der Waals surface area contributed by atoms with Crippen LogP contribution in [0.2, 0.25) is 0 Å². The predicted octanol–water partition coefficient (Wildman–Crippen LogP) is 1.72. The molecule has 0 bridgehead atoms. The summed E-state index contributed by atoms with van der Waals surface area (Å²) in [5.74, 6) is -2.18. The Kier molecular flexibility index (Phi) is 8.22. The Morgan fingerprint density at radius 2 is 2.19 bits per heavy atom. The Labute approximate surface area is 187 Å². The molecule has 9 nitrogen and oxygen atoms in total. The molecule has 2 aliphatic rings. The summed E-state index contributed by atoms with van der Waals surface area (Å²) in [6.07, 6.45) is 6.60. The van der Waals surface area contributed by atoms with E-state index in [0.29, 0.717) is 6.42 Å². The fraction of sp³-hybridized carbons (Fsp3) is 0.522. The average Bonchev–Trinajstić information content (AvgIpc) is 3.53. The van der Waals surface area contributed by atoms with Gasteiger partial charge in [-0.25, -0.2) is 4.79 Å². The van der Waals surface area contributed by atoms with E-state index in [4.69, 9.17) is 25.9 Å². The minimum atomic E-state index is -1.22. The Balaban J connectivity index is 1.43. The number of rotatable bonds is 12. The van der Waals surface area contributed by atoms with Crippen molar-refractivity contribution in [2.45, 2.75) is 56.9 Å². The molecule has 1 aromatic rings. The number of ether oxygens (including phenoxy) is 1. The molecule has 2 unspecified atom stereocenters. The molecule has 1 aromatic carbocycles. The second-order valence-electron chi connectivity index (χ2n) is 8.23. The van der Waals surface area contributed by atoms with Crippen LogP contribution < -0.4 is 16.0 Å². The van der Waals surface area contributed by atoms with Gasteiger partial charge in [-0.15, -0.1) is 0 Å². The Morgan fingerprint density at radius 1 is 1.38 bits per heavy atom. The molecule has 2 aliphatic heterocycles. The Hall–Kier alpha value is -2.93. The number of anilines is 1. The van der Waals surface area contributed by atoms with E-state index in [1.807, 2.05) is 18.2 Å². The van der Waals surface area contributed by atoms with Crippen molar-refractivity contribution in [3.05, 3.63) is 34.9 Å². The number of carboxylic acid groups (broad SMARTS) is 2. The Morgan fingerprint density at radius 3 is 2.91 bits per heavy atom. The second kappa shape index (κ2) is 11.1. The third-order valence-electron chi connectivity index (χ3n) is 5.85. The van der Waals surface area contributed by atoms with Crippen molar-refractivity contribution in [1.29, 1.82) is 5.26 Å². The van der Waals surface area contributed by atoms with Gasteiger partial charge in [-0.05, 0) is 68.0 Å². The van der Waals surface area contributed by atoms with E-state index in [9.17, 15) is 9.59 Å². The minimum absolute atomic E-state index is 0.0559. The fourth-order valence-corrected chi connectivity index (χ4v) is 4.01. The molecule has 5 N–H and O–H groups in total. The predicted molar refractivity (Wildman–Crippen MR) is 119 cm³/mol. The van der Waals surface area contributed by atoms with Gasteiger partial charge in [-0.1, -0.05) is 12.5 Å². The maximum atomic E-state index is 11.1. The van der Waals surface area contributed by atoms with Crippen molar-refractivity contribution < 1.29 is 24.5 Å². The highest BCUT2D eigenvalue weighted by atomic mass is 16.6. The van der Waals surface area contributed by atoms with Crippen LogP contribution in [0.3, 0.4) is 0 Å². The van der Waals surface area contributed by atoms with Crippen LogP contribution in [0.5, 0.6) is 0 Å². The highest BCUT2D eigenvalue weighted by Crippen LogP contribution is 2.31. The van der Waals surface area contributed by atoms with Gasteiger partial charge in [0.05, 0.1) is 0 Å². The number of hydrogen-bond acceptors (Lipinski definition) is 7. The molecule has 32 heavy (non-hydrogen) atoms. The lowest BCUT2D eigenvalue weighted by molar-refractivity contribution is -0.138. The number of nitrogens with zero attached hydrogens (tertiary/aromatic N) is 2. The van der Waals surface area contributed by atoms with Crippen LogP contribution in [-0.2, 0) is 20.7 Å². The van der Waals surface area contributed by atoms with E-state index in [2.05, 4.69) is 10.2 Å². The van der Waals surface area contributed by atoms with E-state index in [1.165, 1.54) is 11.6 Å². The summed E-state index contributed by atoms with van der Waals surface area (Å²) in [5, 5.41) is 30.1. The third kappa shape index (κ3) is 6.53. The molecule has 0 radical (unpaired) electrons. The smallest absolute Gasteiger partial charge is 0.346 e. The molecule has 0 aliphatic carbocycles. The molecule has 172 valence electrons. The molecule has 3 atom stereocenters. The summed E-state index contributed by atoms with van der Waals surface area (Å²) < 4.78 is 5.71. The highest BCUT2D eigenvalue weighted by Gasteiger charge is 2.38. The first-order chi connectivity index (χ1) is 15.4. The number of nitrogens with two attached hydrogens (primary N) is 1. The van der Waals surface area contributed by atoms with Gasteiger partial charge in [-0.2, -0.15) is 5.26 Å². The second-order valence-corrected chi connectivity index (χ2v) is 8.23. The summed E-state index contributed by atoms with van der Waals surface area (Å²) in [6.45, 7) is 2.61. The summed E-state index contributed by atoms with van der Waals surface area (Å²) in [7, 11) is 0. The molecule has 0 aromatic heterocycles. The number of epoxide rings is 1. The van der Waals surface area contributed by atoms with Crippen molar-refractivity contribution >= 4 is 23.7 Å². The number of nitrogens with one attached hydrogen (secondary N) is 1. The third-order valence-corrected chi connectivity index (χ3v) is 5.85. The van der Waals surface area contributed by atoms with Crippen LogP contribution in [0.15, 0.2) is 23.8 Å². The number of aryl methyl sites for hydroxylation is 1. The van der Waals surface area contributed by atoms with Crippen molar-refractivity contribution in [3.63, 3.8) is 0 Å². The van der Waals surface area contributed by atoms with Crippen LogP contribution in [-0.4, -0.2) is 60.2 Å².